The molecule has 1 aromatic carbocycles. The fourth-order valence-corrected chi connectivity index (χ4v) is 4.24. The number of aryl methyl sites for hydroxylation is 1. The average molecular weight is 373 g/mol. The van der Waals surface area contributed by atoms with Crippen molar-refractivity contribution in [1.82, 2.24) is 4.98 Å². The summed E-state index contributed by atoms with van der Waals surface area (Å²) in [6.07, 6.45) is 2.67. The van der Waals surface area contributed by atoms with Gasteiger partial charge >= 0.3 is 0 Å². The molecule has 0 atom stereocenters. The van der Waals surface area contributed by atoms with Gasteiger partial charge in [-0.25, -0.2) is 4.98 Å². The molecule has 130 valence electrons. The fourth-order valence-electron chi connectivity index (χ4n) is 2.42. The predicted octanol–water partition coefficient (Wildman–Crippen LogP) is 5.42. The first-order chi connectivity index (χ1) is 12.2. The standard InChI is InChI=1S/C19H20N2O2S2/c1-3-15-6-8-17(9-7-15)21(14(2)22)19-20-16(12-25-19)11-24-13-18-5-4-10-23-18/h4-10,12H,3,11,13H2,1-2H3. The summed E-state index contributed by atoms with van der Waals surface area (Å²) in [6.45, 7) is 3.69. The second kappa shape index (κ2) is 8.36. The van der Waals surface area contributed by atoms with Crippen LogP contribution in [0.2, 0.25) is 0 Å². The van der Waals surface area contributed by atoms with Crippen LogP contribution in [-0.2, 0) is 22.7 Å². The Morgan fingerprint density at radius 1 is 1.24 bits per heavy atom. The minimum atomic E-state index is -0.0339. The Labute approximate surface area is 155 Å². The Balaban J connectivity index is 1.69. The summed E-state index contributed by atoms with van der Waals surface area (Å²) in [7, 11) is 0. The fraction of sp³-hybridized carbons (Fsp3) is 0.263. The first-order valence-corrected chi connectivity index (χ1v) is 10.1. The van der Waals surface area contributed by atoms with Gasteiger partial charge in [0.1, 0.15) is 5.76 Å². The van der Waals surface area contributed by atoms with Crippen LogP contribution in [0.15, 0.2) is 52.5 Å². The van der Waals surface area contributed by atoms with Gasteiger partial charge in [0, 0.05) is 18.1 Å². The third-order valence-electron chi connectivity index (χ3n) is 3.72. The van der Waals surface area contributed by atoms with Crippen molar-refractivity contribution in [3.63, 3.8) is 0 Å². The maximum atomic E-state index is 12.2. The zero-order valence-corrected chi connectivity index (χ0v) is 15.9. The molecule has 25 heavy (non-hydrogen) atoms. The molecule has 4 nitrogen and oxygen atoms in total. The molecule has 3 rings (SSSR count). The van der Waals surface area contributed by atoms with E-state index in [-0.39, 0.29) is 5.91 Å². The van der Waals surface area contributed by atoms with Crippen LogP contribution >= 0.6 is 23.1 Å². The zero-order chi connectivity index (χ0) is 17.6. The highest BCUT2D eigenvalue weighted by atomic mass is 32.2. The van der Waals surface area contributed by atoms with Crippen molar-refractivity contribution in [3.8, 4) is 0 Å². The lowest BCUT2D eigenvalue weighted by molar-refractivity contribution is -0.115. The normalized spacial score (nSPS) is 10.8. The lowest BCUT2D eigenvalue weighted by Gasteiger charge is -2.18. The number of thioether (sulfide) groups is 1. The number of carbonyl (C=O) groups excluding carboxylic acids is 1. The van der Waals surface area contributed by atoms with Gasteiger partial charge in [-0.1, -0.05) is 19.1 Å². The Hall–Kier alpha value is -2.05. The van der Waals surface area contributed by atoms with Crippen LogP contribution in [0, 0.1) is 0 Å². The van der Waals surface area contributed by atoms with Gasteiger partial charge in [-0.3, -0.25) is 9.69 Å². The van der Waals surface area contributed by atoms with E-state index in [4.69, 9.17) is 4.42 Å². The number of hydrogen-bond donors (Lipinski definition) is 0. The largest absolute Gasteiger partial charge is 0.468 e. The molecular weight excluding hydrogens is 352 g/mol. The predicted molar refractivity (Wildman–Crippen MR) is 104 cm³/mol. The van der Waals surface area contributed by atoms with Crippen molar-refractivity contribution in [1.29, 1.82) is 0 Å². The lowest BCUT2D eigenvalue weighted by atomic mass is 10.1. The third kappa shape index (κ3) is 4.52. The monoisotopic (exact) mass is 372 g/mol. The van der Waals surface area contributed by atoms with E-state index in [9.17, 15) is 4.79 Å². The molecular formula is C19H20N2O2S2. The van der Waals surface area contributed by atoms with E-state index < -0.39 is 0 Å². The number of amides is 1. The SMILES string of the molecule is CCc1ccc(N(C(C)=O)c2nc(CSCc3ccco3)cs2)cc1. The third-order valence-corrected chi connectivity index (χ3v) is 5.59. The second-order valence-electron chi connectivity index (χ2n) is 5.57. The number of furan rings is 1. The minimum absolute atomic E-state index is 0.0339. The van der Waals surface area contributed by atoms with E-state index in [1.807, 2.05) is 29.6 Å². The van der Waals surface area contributed by atoms with Gasteiger partial charge in [0.2, 0.25) is 5.91 Å². The Bertz CT molecular complexity index is 810. The first kappa shape index (κ1) is 17.8. The van der Waals surface area contributed by atoms with Gasteiger partial charge in [0.05, 0.1) is 23.4 Å². The lowest BCUT2D eigenvalue weighted by Crippen LogP contribution is -2.22. The van der Waals surface area contributed by atoms with Crippen molar-refractivity contribution >= 4 is 39.8 Å². The number of benzene rings is 1. The topological polar surface area (TPSA) is 46.3 Å². The summed E-state index contributed by atoms with van der Waals surface area (Å²) in [5, 5.41) is 2.73. The molecule has 0 fully saturated rings. The smallest absolute Gasteiger partial charge is 0.230 e. The second-order valence-corrected chi connectivity index (χ2v) is 7.39. The van der Waals surface area contributed by atoms with Gasteiger partial charge in [-0.2, -0.15) is 0 Å². The minimum Gasteiger partial charge on any atom is -0.468 e. The molecule has 0 N–H and O–H groups in total. The summed E-state index contributed by atoms with van der Waals surface area (Å²) in [5.41, 5.74) is 3.09. The molecule has 0 aliphatic rings. The first-order valence-electron chi connectivity index (χ1n) is 8.11. The van der Waals surface area contributed by atoms with Crippen molar-refractivity contribution in [2.24, 2.45) is 0 Å². The van der Waals surface area contributed by atoms with E-state index in [1.165, 1.54) is 16.9 Å². The van der Waals surface area contributed by atoms with Crippen LogP contribution in [0.5, 0.6) is 0 Å². The number of hydrogen-bond acceptors (Lipinski definition) is 5. The van der Waals surface area contributed by atoms with Crippen molar-refractivity contribution in [2.75, 3.05) is 4.90 Å². The van der Waals surface area contributed by atoms with Crippen LogP contribution in [-0.4, -0.2) is 10.9 Å². The molecule has 3 aromatic rings. The summed E-state index contributed by atoms with van der Waals surface area (Å²) < 4.78 is 5.33. The Morgan fingerprint density at radius 3 is 2.68 bits per heavy atom. The summed E-state index contributed by atoms with van der Waals surface area (Å²) in [5.74, 6) is 2.53. The maximum absolute atomic E-state index is 12.2. The van der Waals surface area contributed by atoms with Crippen molar-refractivity contribution in [2.45, 2.75) is 31.8 Å². The van der Waals surface area contributed by atoms with Gasteiger partial charge in [0.25, 0.3) is 0 Å². The molecule has 0 aliphatic heterocycles. The highest BCUT2D eigenvalue weighted by molar-refractivity contribution is 7.97. The van der Waals surface area contributed by atoms with E-state index in [2.05, 4.69) is 24.0 Å². The molecule has 0 spiro atoms. The van der Waals surface area contributed by atoms with Crippen LogP contribution < -0.4 is 4.90 Å². The van der Waals surface area contributed by atoms with Gasteiger partial charge in [-0.15, -0.1) is 23.1 Å². The highest BCUT2D eigenvalue weighted by Crippen LogP contribution is 2.30. The number of anilines is 2. The quantitative estimate of drug-likeness (QED) is 0.556. The molecule has 1 amide bonds. The average Bonchev–Trinajstić information content (AvgIpc) is 3.28. The van der Waals surface area contributed by atoms with Gasteiger partial charge in [0.15, 0.2) is 5.13 Å². The van der Waals surface area contributed by atoms with E-state index in [1.54, 1.807) is 29.8 Å². The number of rotatable bonds is 7. The molecule has 0 saturated heterocycles. The van der Waals surface area contributed by atoms with E-state index in [0.29, 0.717) is 5.13 Å². The molecule has 0 saturated carbocycles. The van der Waals surface area contributed by atoms with Crippen LogP contribution in [0.25, 0.3) is 0 Å². The number of aromatic nitrogens is 1. The molecule has 0 aliphatic carbocycles. The van der Waals surface area contributed by atoms with E-state index >= 15 is 0 Å². The van der Waals surface area contributed by atoms with Crippen molar-refractivity contribution < 1.29 is 9.21 Å². The van der Waals surface area contributed by atoms with Crippen molar-refractivity contribution in [3.05, 3.63) is 65.1 Å². The van der Waals surface area contributed by atoms with Crippen LogP contribution in [0.3, 0.4) is 0 Å². The molecule has 0 bridgehead atoms. The highest BCUT2D eigenvalue weighted by Gasteiger charge is 2.17. The van der Waals surface area contributed by atoms with Crippen LogP contribution in [0.1, 0.15) is 30.9 Å². The molecule has 2 aromatic heterocycles. The zero-order valence-electron chi connectivity index (χ0n) is 14.3. The molecule has 0 unspecified atom stereocenters. The molecule has 0 radical (unpaired) electrons. The maximum Gasteiger partial charge on any atom is 0.230 e. The van der Waals surface area contributed by atoms with Crippen LogP contribution in [0.4, 0.5) is 10.8 Å². The number of thiazole rings is 1. The van der Waals surface area contributed by atoms with E-state index in [0.717, 1.165) is 35.1 Å². The number of carbonyl (C=O) groups is 1. The Kier molecular flexibility index (Phi) is 5.94. The molecule has 2 heterocycles. The Morgan fingerprint density at radius 2 is 2.04 bits per heavy atom. The summed E-state index contributed by atoms with van der Waals surface area (Å²) in [4.78, 5) is 18.5. The molecule has 6 heteroatoms. The van der Waals surface area contributed by atoms with Gasteiger partial charge in [-0.05, 0) is 36.2 Å². The van der Waals surface area contributed by atoms with Gasteiger partial charge < -0.3 is 4.42 Å². The summed E-state index contributed by atoms with van der Waals surface area (Å²) in [6, 6.07) is 11.9. The number of nitrogens with zero attached hydrogens (tertiary/aromatic N) is 2. The summed E-state index contributed by atoms with van der Waals surface area (Å²) >= 11 is 3.24.